The van der Waals surface area contributed by atoms with Crippen LogP contribution in [0.1, 0.15) is 30.4 Å². The van der Waals surface area contributed by atoms with Gasteiger partial charge < -0.3 is 10.2 Å². The maximum absolute atomic E-state index is 12.4. The molecule has 0 spiro atoms. The monoisotopic (exact) mass is 278 g/mol. The predicted molar refractivity (Wildman–Crippen MR) is 77.8 cm³/mol. The normalized spacial score (nSPS) is 24.9. The average Bonchev–Trinajstić information content (AvgIpc) is 2.95. The molecule has 1 heterocycles. The zero-order chi connectivity index (χ0) is 13.6. The first kappa shape index (κ1) is 12.8. The summed E-state index contributed by atoms with van der Waals surface area (Å²) in [6, 6.07) is 4.28. The zero-order valence-corrected chi connectivity index (χ0v) is 12.1. The molecular formula is C15H19ClN2O. The van der Waals surface area contributed by atoms with Gasteiger partial charge in [0.2, 0.25) is 0 Å². The highest BCUT2D eigenvalue weighted by Crippen LogP contribution is 2.37. The van der Waals surface area contributed by atoms with Gasteiger partial charge in [-0.05, 0) is 62.3 Å². The van der Waals surface area contributed by atoms with Crippen LogP contribution in [0.3, 0.4) is 0 Å². The van der Waals surface area contributed by atoms with Crippen molar-refractivity contribution in [1.82, 2.24) is 4.90 Å². The lowest BCUT2D eigenvalue weighted by Crippen LogP contribution is -2.40. The van der Waals surface area contributed by atoms with Gasteiger partial charge in [-0.15, -0.1) is 0 Å². The lowest BCUT2D eigenvalue weighted by molar-refractivity contribution is 0.194. The molecule has 1 saturated carbocycles. The number of carbonyl (C=O) groups excluding carboxylic acids is 1. The van der Waals surface area contributed by atoms with E-state index in [1.807, 2.05) is 30.9 Å². The van der Waals surface area contributed by atoms with Crippen molar-refractivity contribution < 1.29 is 4.79 Å². The lowest BCUT2D eigenvalue weighted by atomic mass is 10.1. The van der Waals surface area contributed by atoms with Gasteiger partial charge in [0.25, 0.3) is 0 Å². The largest absolute Gasteiger partial charge is 0.322 e. The van der Waals surface area contributed by atoms with Crippen LogP contribution in [0.15, 0.2) is 12.1 Å². The molecule has 0 unspecified atom stereocenters. The fourth-order valence-electron chi connectivity index (χ4n) is 3.46. The fraction of sp³-hybridized carbons (Fsp3) is 0.533. The number of nitrogens with one attached hydrogen (secondary N) is 1. The van der Waals surface area contributed by atoms with Crippen LogP contribution in [-0.4, -0.2) is 23.5 Å². The van der Waals surface area contributed by atoms with Crippen LogP contribution in [0, 0.1) is 19.8 Å². The van der Waals surface area contributed by atoms with Gasteiger partial charge in [-0.3, -0.25) is 0 Å². The van der Waals surface area contributed by atoms with Crippen molar-refractivity contribution in [2.24, 2.45) is 5.92 Å². The second kappa shape index (κ2) is 4.71. The van der Waals surface area contributed by atoms with E-state index in [2.05, 4.69) is 5.32 Å². The van der Waals surface area contributed by atoms with Crippen molar-refractivity contribution in [1.29, 1.82) is 0 Å². The summed E-state index contributed by atoms with van der Waals surface area (Å²) in [6.45, 7) is 4.87. The highest BCUT2D eigenvalue weighted by Gasteiger charge is 2.40. The van der Waals surface area contributed by atoms with Crippen LogP contribution >= 0.6 is 11.6 Å². The molecule has 0 radical (unpaired) electrons. The maximum Gasteiger partial charge on any atom is 0.322 e. The molecule has 1 N–H and O–H groups in total. The van der Waals surface area contributed by atoms with E-state index in [1.165, 1.54) is 12.8 Å². The molecule has 19 heavy (non-hydrogen) atoms. The molecule has 2 amide bonds. The summed E-state index contributed by atoms with van der Waals surface area (Å²) in [5, 5.41) is 3.78. The van der Waals surface area contributed by atoms with Crippen molar-refractivity contribution in [2.45, 2.75) is 39.2 Å². The Bertz CT molecular complexity index is 506. The Hall–Kier alpha value is -1.22. The first-order chi connectivity index (χ1) is 9.04. The Morgan fingerprint density at radius 3 is 2.53 bits per heavy atom. The molecule has 102 valence electrons. The number of nitrogens with zero attached hydrogens (tertiary/aromatic N) is 1. The third-order valence-electron chi connectivity index (χ3n) is 4.40. The Kier molecular flexibility index (Phi) is 3.17. The van der Waals surface area contributed by atoms with E-state index >= 15 is 0 Å². The molecular weight excluding hydrogens is 260 g/mol. The number of rotatable bonds is 1. The molecule has 1 aliphatic carbocycles. The summed E-state index contributed by atoms with van der Waals surface area (Å²) in [4.78, 5) is 14.4. The van der Waals surface area contributed by atoms with E-state index in [1.54, 1.807) is 0 Å². The number of amides is 2. The Labute approximate surface area is 118 Å². The lowest BCUT2D eigenvalue weighted by Gasteiger charge is -2.27. The number of fused-ring (bicyclic) bond motifs is 2. The molecule has 1 aromatic carbocycles. The number of likely N-dealkylation sites (tertiary alicyclic amines) is 1. The molecule has 3 nitrogen and oxygen atoms in total. The smallest absolute Gasteiger partial charge is 0.321 e. The molecule has 3 rings (SSSR count). The van der Waals surface area contributed by atoms with Crippen LogP contribution in [0.25, 0.3) is 0 Å². The molecule has 4 heteroatoms. The standard InChI is InChI=1S/C15H19ClN2O/c1-9-5-12(16)6-10(2)14(9)17-15(19)18-8-11-3-4-13(18)7-11/h5-6,11,13H,3-4,7-8H2,1-2H3,(H,17,19)/t11-,13-/m0/s1. The van der Waals surface area contributed by atoms with E-state index in [0.29, 0.717) is 11.1 Å². The molecule has 2 aliphatic rings. The number of aryl methyl sites for hydroxylation is 2. The topological polar surface area (TPSA) is 32.3 Å². The third kappa shape index (κ3) is 2.32. The van der Waals surface area contributed by atoms with Gasteiger partial charge in [0, 0.05) is 23.3 Å². The second-order valence-electron chi connectivity index (χ2n) is 5.83. The van der Waals surface area contributed by atoms with E-state index < -0.39 is 0 Å². The number of hydrogen-bond donors (Lipinski definition) is 1. The number of urea groups is 1. The van der Waals surface area contributed by atoms with Crippen LogP contribution in [0.5, 0.6) is 0 Å². The predicted octanol–water partition coefficient (Wildman–Crippen LogP) is 3.97. The Balaban J connectivity index is 1.77. The molecule has 0 aromatic heterocycles. The van der Waals surface area contributed by atoms with Crippen LogP contribution in [0.4, 0.5) is 10.5 Å². The number of halogens is 1. The van der Waals surface area contributed by atoms with E-state index in [-0.39, 0.29) is 6.03 Å². The average molecular weight is 279 g/mol. The second-order valence-corrected chi connectivity index (χ2v) is 6.27. The number of piperidine rings is 1. The SMILES string of the molecule is Cc1cc(Cl)cc(C)c1NC(=O)N1C[C@H]2CC[C@H]1C2. The highest BCUT2D eigenvalue weighted by molar-refractivity contribution is 6.30. The summed E-state index contributed by atoms with van der Waals surface area (Å²) in [5.74, 6) is 0.725. The van der Waals surface area contributed by atoms with Gasteiger partial charge in [0.1, 0.15) is 0 Å². The minimum absolute atomic E-state index is 0.0423. The highest BCUT2D eigenvalue weighted by atomic mass is 35.5. The molecule has 2 bridgehead atoms. The zero-order valence-electron chi connectivity index (χ0n) is 11.4. The van der Waals surface area contributed by atoms with Crippen LogP contribution < -0.4 is 5.32 Å². The molecule has 1 aromatic rings. The number of benzene rings is 1. The number of carbonyl (C=O) groups is 1. The van der Waals surface area contributed by atoms with Gasteiger partial charge in [-0.2, -0.15) is 0 Å². The first-order valence-electron chi connectivity index (χ1n) is 6.89. The van der Waals surface area contributed by atoms with Crippen molar-refractivity contribution in [3.8, 4) is 0 Å². The first-order valence-corrected chi connectivity index (χ1v) is 7.27. The van der Waals surface area contributed by atoms with Crippen LogP contribution in [-0.2, 0) is 0 Å². The van der Waals surface area contributed by atoms with Crippen molar-refractivity contribution >= 4 is 23.3 Å². The molecule has 2 fully saturated rings. The van der Waals surface area contributed by atoms with Gasteiger partial charge in [0.15, 0.2) is 0 Å². The van der Waals surface area contributed by atoms with Crippen molar-refractivity contribution in [2.75, 3.05) is 11.9 Å². The summed E-state index contributed by atoms with van der Waals surface area (Å²) in [7, 11) is 0. The van der Waals surface area contributed by atoms with Crippen molar-refractivity contribution in [3.05, 3.63) is 28.3 Å². The van der Waals surface area contributed by atoms with Crippen molar-refractivity contribution in [3.63, 3.8) is 0 Å². The fourth-order valence-corrected chi connectivity index (χ4v) is 3.79. The van der Waals surface area contributed by atoms with E-state index in [0.717, 1.165) is 35.7 Å². The summed E-state index contributed by atoms with van der Waals surface area (Å²) in [5.41, 5.74) is 2.93. The number of anilines is 1. The van der Waals surface area contributed by atoms with Gasteiger partial charge in [0.05, 0.1) is 0 Å². The molecule has 1 aliphatic heterocycles. The summed E-state index contributed by atoms with van der Waals surface area (Å²) >= 11 is 6.01. The molecule has 2 atom stereocenters. The van der Waals surface area contributed by atoms with E-state index in [4.69, 9.17) is 11.6 Å². The quantitative estimate of drug-likeness (QED) is 0.828. The number of hydrogen-bond acceptors (Lipinski definition) is 1. The third-order valence-corrected chi connectivity index (χ3v) is 4.62. The Morgan fingerprint density at radius 2 is 2.00 bits per heavy atom. The van der Waals surface area contributed by atoms with Gasteiger partial charge >= 0.3 is 6.03 Å². The van der Waals surface area contributed by atoms with E-state index in [9.17, 15) is 4.79 Å². The summed E-state index contributed by atoms with van der Waals surface area (Å²) < 4.78 is 0. The minimum atomic E-state index is 0.0423. The summed E-state index contributed by atoms with van der Waals surface area (Å²) in [6.07, 6.45) is 3.64. The van der Waals surface area contributed by atoms with Crippen LogP contribution in [0.2, 0.25) is 5.02 Å². The Morgan fingerprint density at radius 1 is 1.32 bits per heavy atom. The minimum Gasteiger partial charge on any atom is -0.321 e. The maximum atomic E-state index is 12.4. The van der Waals surface area contributed by atoms with Gasteiger partial charge in [-0.25, -0.2) is 4.79 Å². The van der Waals surface area contributed by atoms with Gasteiger partial charge in [-0.1, -0.05) is 11.6 Å². The molecule has 1 saturated heterocycles.